The summed E-state index contributed by atoms with van der Waals surface area (Å²) in [6.45, 7) is 1.88. The number of piperidine rings is 1. The van der Waals surface area contributed by atoms with Gasteiger partial charge in [-0.2, -0.15) is 0 Å². The monoisotopic (exact) mass is 474 g/mol. The number of carbonyl (C=O) groups excluding carboxylic acids is 1. The Kier molecular flexibility index (Phi) is 6.22. The highest BCUT2D eigenvalue weighted by Gasteiger charge is 2.28. The van der Waals surface area contributed by atoms with Gasteiger partial charge in [0.15, 0.2) is 0 Å². The number of benzene rings is 3. The van der Waals surface area contributed by atoms with Crippen LogP contribution in [0.2, 0.25) is 5.02 Å². The summed E-state index contributed by atoms with van der Waals surface area (Å²) in [5.74, 6) is 0.678. The molecule has 1 aliphatic rings. The van der Waals surface area contributed by atoms with E-state index in [9.17, 15) is 4.79 Å². The van der Waals surface area contributed by atoms with Gasteiger partial charge in [0.1, 0.15) is 0 Å². The summed E-state index contributed by atoms with van der Waals surface area (Å²) >= 11 is 6.48. The number of nitrogens with zero attached hydrogens (tertiary/aromatic N) is 5. The molecular formula is C26H27ClN6O. The molecule has 5 rings (SSSR count). The van der Waals surface area contributed by atoms with Crippen molar-refractivity contribution in [3.63, 3.8) is 0 Å². The lowest BCUT2D eigenvalue weighted by Crippen LogP contribution is -2.44. The van der Waals surface area contributed by atoms with E-state index in [0.29, 0.717) is 24.1 Å². The molecule has 0 spiro atoms. The molecule has 1 unspecified atom stereocenters. The normalized spacial score (nSPS) is 16.1. The minimum Gasteiger partial charge on any atom is -0.339 e. The number of amides is 1. The number of fused-ring (bicyclic) bond motifs is 1. The molecule has 7 nitrogen and oxygen atoms in total. The molecule has 1 aromatic heterocycles. The molecule has 1 atom stereocenters. The summed E-state index contributed by atoms with van der Waals surface area (Å²) in [5, 5.41) is 11.5. The first-order valence-corrected chi connectivity index (χ1v) is 11.8. The van der Waals surface area contributed by atoms with E-state index >= 15 is 0 Å². The highest BCUT2D eigenvalue weighted by atomic mass is 35.5. The number of halogens is 1. The number of anilines is 2. The van der Waals surface area contributed by atoms with Crippen LogP contribution in [-0.4, -0.2) is 46.9 Å². The van der Waals surface area contributed by atoms with Gasteiger partial charge in [-0.3, -0.25) is 9.36 Å². The molecule has 2 heterocycles. The maximum Gasteiger partial charge on any atom is 0.296 e. The van der Waals surface area contributed by atoms with Crippen LogP contribution in [0.4, 0.5) is 11.6 Å². The zero-order valence-corrected chi connectivity index (χ0v) is 19.8. The average molecular weight is 475 g/mol. The van der Waals surface area contributed by atoms with Crippen molar-refractivity contribution < 1.29 is 4.79 Å². The fourth-order valence-electron chi connectivity index (χ4n) is 4.58. The van der Waals surface area contributed by atoms with Gasteiger partial charge in [-0.05, 0) is 35.9 Å². The second kappa shape index (κ2) is 9.44. The standard InChI is InChI=1S/C26H27ClN6O/c1-31(23-14-6-10-18-8-2-4-12-21(18)23)25(34)24-29-30-26(32-15-7-11-20(28)17-32)33(24)16-19-9-3-5-13-22(19)27/h2-6,8-10,12-14,20H,7,11,15-17,28H2,1H3. The summed E-state index contributed by atoms with van der Waals surface area (Å²) in [5.41, 5.74) is 7.95. The zero-order valence-electron chi connectivity index (χ0n) is 19.1. The number of rotatable bonds is 5. The van der Waals surface area contributed by atoms with E-state index in [4.69, 9.17) is 17.3 Å². The Morgan fingerprint density at radius 2 is 1.85 bits per heavy atom. The fourth-order valence-corrected chi connectivity index (χ4v) is 4.78. The number of hydrogen-bond acceptors (Lipinski definition) is 5. The van der Waals surface area contributed by atoms with Crippen LogP contribution in [0.5, 0.6) is 0 Å². The largest absolute Gasteiger partial charge is 0.339 e. The molecule has 3 aromatic carbocycles. The van der Waals surface area contributed by atoms with Crippen molar-refractivity contribution in [2.45, 2.75) is 25.4 Å². The van der Waals surface area contributed by atoms with Gasteiger partial charge < -0.3 is 15.5 Å². The lowest BCUT2D eigenvalue weighted by atomic mass is 10.1. The molecule has 0 radical (unpaired) electrons. The Labute approximate surface area is 203 Å². The van der Waals surface area contributed by atoms with Crippen molar-refractivity contribution in [2.24, 2.45) is 5.73 Å². The Morgan fingerprint density at radius 3 is 2.68 bits per heavy atom. The minimum atomic E-state index is -0.233. The molecule has 0 aliphatic carbocycles. The minimum absolute atomic E-state index is 0.0664. The summed E-state index contributed by atoms with van der Waals surface area (Å²) in [6, 6.07) is 21.7. The third-order valence-electron chi connectivity index (χ3n) is 6.38. The fraction of sp³-hybridized carbons (Fsp3) is 0.269. The topological polar surface area (TPSA) is 80.3 Å². The molecule has 0 saturated carbocycles. The van der Waals surface area contributed by atoms with E-state index in [1.165, 1.54) is 0 Å². The van der Waals surface area contributed by atoms with Gasteiger partial charge in [-0.25, -0.2) is 0 Å². The summed E-state index contributed by atoms with van der Waals surface area (Å²) in [7, 11) is 1.77. The molecule has 1 fully saturated rings. The van der Waals surface area contributed by atoms with Crippen LogP contribution in [-0.2, 0) is 6.54 Å². The quantitative estimate of drug-likeness (QED) is 0.465. The van der Waals surface area contributed by atoms with Crippen LogP contribution in [0.25, 0.3) is 10.8 Å². The smallest absolute Gasteiger partial charge is 0.296 e. The van der Waals surface area contributed by atoms with E-state index in [1.807, 2.05) is 71.3 Å². The van der Waals surface area contributed by atoms with E-state index in [1.54, 1.807) is 11.9 Å². The van der Waals surface area contributed by atoms with Crippen LogP contribution in [0.15, 0.2) is 66.7 Å². The van der Waals surface area contributed by atoms with Gasteiger partial charge in [0.2, 0.25) is 11.8 Å². The lowest BCUT2D eigenvalue weighted by molar-refractivity contribution is 0.0979. The third kappa shape index (κ3) is 4.24. The highest BCUT2D eigenvalue weighted by molar-refractivity contribution is 6.31. The van der Waals surface area contributed by atoms with Crippen LogP contribution in [0, 0.1) is 0 Å². The van der Waals surface area contributed by atoms with E-state index in [-0.39, 0.29) is 17.8 Å². The van der Waals surface area contributed by atoms with Crippen molar-refractivity contribution in [2.75, 3.05) is 29.9 Å². The van der Waals surface area contributed by atoms with Gasteiger partial charge in [0.25, 0.3) is 5.91 Å². The average Bonchev–Trinajstić information content (AvgIpc) is 3.27. The molecule has 2 N–H and O–H groups in total. The molecule has 1 aliphatic heterocycles. The summed E-state index contributed by atoms with van der Waals surface area (Å²) < 4.78 is 1.86. The molecule has 1 saturated heterocycles. The summed E-state index contributed by atoms with van der Waals surface area (Å²) in [4.78, 5) is 17.5. The van der Waals surface area contributed by atoms with Crippen LogP contribution in [0.1, 0.15) is 29.0 Å². The van der Waals surface area contributed by atoms with Gasteiger partial charge >= 0.3 is 0 Å². The number of nitrogens with two attached hydrogens (primary N) is 1. The third-order valence-corrected chi connectivity index (χ3v) is 6.75. The van der Waals surface area contributed by atoms with Crippen molar-refractivity contribution in [3.05, 3.63) is 83.1 Å². The number of aromatic nitrogens is 3. The summed E-state index contributed by atoms with van der Waals surface area (Å²) in [6.07, 6.45) is 1.95. The second-order valence-corrected chi connectivity index (χ2v) is 9.12. The molecule has 8 heteroatoms. The molecule has 34 heavy (non-hydrogen) atoms. The van der Waals surface area contributed by atoms with Crippen LogP contribution >= 0.6 is 11.6 Å². The zero-order chi connectivity index (χ0) is 23.7. The molecule has 1 amide bonds. The van der Waals surface area contributed by atoms with Gasteiger partial charge in [-0.1, -0.05) is 66.2 Å². The van der Waals surface area contributed by atoms with Crippen molar-refractivity contribution >= 4 is 39.9 Å². The number of carbonyl (C=O) groups is 1. The Bertz CT molecular complexity index is 1330. The van der Waals surface area contributed by atoms with E-state index in [2.05, 4.69) is 15.1 Å². The first-order valence-electron chi connectivity index (χ1n) is 11.5. The van der Waals surface area contributed by atoms with Crippen molar-refractivity contribution in [1.82, 2.24) is 14.8 Å². The predicted molar refractivity (Wildman–Crippen MR) is 137 cm³/mol. The maximum atomic E-state index is 13.8. The van der Waals surface area contributed by atoms with Crippen LogP contribution in [0.3, 0.4) is 0 Å². The SMILES string of the molecule is CN(C(=O)c1nnc(N2CCCC(N)C2)n1Cc1ccccc1Cl)c1cccc2ccccc12. The van der Waals surface area contributed by atoms with Crippen molar-refractivity contribution in [3.8, 4) is 0 Å². The van der Waals surface area contributed by atoms with Gasteiger partial charge in [0, 0.05) is 36.6 Å². The Morgan fingerprint density at radius 1 is 1.09 bits per heavy atom. The Hall–Kier alpha value is -3.42. The Balaban J connectivity index is 1.56. The second-order valence-electron chi connectivity index (χ2n) is 8.71. The molecule has 0 bridgehead atoms. The van der Waals surface area contributed by atoms with Crippen molar-refractivity contribution in [1.29, 1.82) is 0 Å². The first-order chi connectivity index (χ1) is 16.5. The van der Waals surface area contributed by atoms with E-state index in [0.717, 1.165) is 41.4 Å². The lowest BCUT2D eigenvalue weighted by Gasteiger charge is -2.31. The molecule has 174 valence electrons. The first kappa shape index (κ1) is 22.4. The predicted octanol–water partition coefficient (Wildman–Crippen LogP) is 4.34. The highest BCUT2D eigenvalue weighted by Crippen LogP contribution is 2.28. The van der Waals surface area contributed by atoms with Gasteiger partial charge in [0.05, 0.1) is 12.2 Å². The van der Waals surface area contributed by atoms with Gasteiger partial charge in [-0.15, -0.1) is 10.2 Å². The van der Waals surface area contributed by atoms with E-state index < -0.39 is 0 Å². The number of hydrogen-bond donors (Lipinski definition) is 1. The molecular weight excluding hydrogens is 448 g/mol. The molecule has 4 aromatic rings. The van der Waals surface area contributed by atoms with Crippen LogP contribution < -0.4 is 15.5 Å². The maximum absolute atomic E-state index is 13.8.